The first-order chi connectivity index (χ1) is 10.3. The Labute approximate surface area is 127 Å². The first kappa shape index (κ1) is 14.2. The zero-order chi connectivity index (χ0) is 14.5. The maximum Gasteiger partial charge on any atom is 0.115 e. The van der Waals surface area contributed by atoms with Gasteiger partial charge in [-0.05, 0) is 55.6 Å². The molecule has 2 aromatic carbocycles. The summed E-state index contributed by atoms with van der Waals surface area (Å²) in [6.07, 6.45) is 3.66. The summed E-state index contributed by atoms with van der Waals surface area (Å²) in [7, 11) is 0. The molecular formula is C19H23NO. The van der Waals surface area contributed by atoms with Gasteiger partial charge >= 0.3 is 0 Å². The number of nitrogens with zero attached hydrogens (tertiary/aromatic N) is 1. The third-order valence-electron chi connectivity index (χ3n) is 4.34. The molecule has 2 nitrogen and oxygen atoms in total. The topological polar surface area (TPSA) is 23.5 Å². The minimum absolute atomic E-state index is 0.368. The molecule has 21 heavy (non-hydrogen) atoms. The highest BCUT2D eigenvalue weighted by molar-refractivity contribution is 5.31. The van der Waals surface area contributed by atoms with Crippen molar-refractivity contribution in [3.63, 3.8) is 0 Å². The Bertz CT molecular complexity index is 561. The molecule has 1 heterocycles. The molecule has 1 aliphatic rings. The largest absolute Gasteiger partial charge is 0.508 e. The lowest BCUT2D eigenvalue weighted by molar-refractivity contribution is 0.312. The molecule has 1 atom stereocenters. The highest BCUT2D eigenvalue weighted by Crippen LogP contribution is 2.26. The SMILES string of the molecule is Oc1cccc(C(Cc2ccccc2)CN2CCCC2)c1. The summed E-state index contributed by atoms with van der Waals surface area (Å²) in [4.78, 5) is 2.55. The van der Waals surface area contributed by atoms with Crippen LogP contribution in [0.25, 0.3) is 0 Å². The van der Waals surface area contributed by atoms with Crippen molar-refractivity contribution in [1.82, 2.24) is 4.90 Å². The summed E-state index contributed by atoms with van der Waals surface area (Å²) in [6, 6.07) is 18.4. The lowest BCUT2D eigenvalue weighted by atomic mass is 9.91. The van der Waals surface area contributed by atoms with Crippen molar-refractivity contribution in [2.45, 2.75) is 25.2 Å². The van der Waals surface area contributed by atoms with E-state index in [9.17, 15) is 5.11 Å². The average Bonchev–Trinajstić information content (AvgIpc) is 3.01. The monoisotopic (exact) mass is 281 g/mol. The van der Waals surface area contributed by atoms with Gasteiger partial charge in [-0.1, -0.05) is 42.5 Å². The molecule has 110 valence electrons. The van der Waals surface area contributed by atoms with E-state index in [0.717, 1.165) is 13.0 Å². The first-order valence-electron chi connectivity index (χ1n) is 7.86. The second-order valence-corrected chi connectivity index (χ2v) is 5.99. The van der Waals surface area contributed by atoms with Crippen LogP contribution in [0.15, 0.2) is 54.6 Å². The highest BCUT2D eigenvalue weighted by Gasteiger charge is 2.19. The van der Waals surface area contributed by atoms with Gasteiger partial charge in [0.15, 0.2) is 0 Å². The summed E-state index contributed by atoms with van der Waals surface area (Å²) in [5, 5.41) is 9.78. The van der Waals surface area contributed by atoms with Crippen molar-refractivity contribution in [1.29, 1.82) is 0 Å². The number of aromatic hydroxyl groups is 1. The van der Waals surface area contributed by atoms with Gasteiger partial charge < -0.3 is 10.0 Å². The summed E-state index contributed by atoms with van der Waals surface area (Å²) in [5.74, 6) is 0.810. The second-order valence-electron chi connectivity index (χ2n) is 5.99. The van der Waals surface area contributed by atoms with Crippen LogP contribution in [0.3, 0.4) is 0 Å². The summed E-state index contributed by atoms with van der Waals surface area (Å²) in [5.41, 5.74) is 2.61. The number of benzene rings is 2. The molecule has 1 unspecified atom stereocenters. The summed E-state index contributed by atoms with van der Waals surface area (Å²) in [6.45, 7) is 3.51. The zero-order valence-corrected chi connectivity index (χ0v) is 12.4. The van der Waals surface area contributed by atoms with Crippen molar-refractivity contribution < 1.29 is 5.11 Å². The molecule has 0 saturated carbocycles. The van der Waals surface area contributed by atoms with E-state index in [-0.39, 0.29) is 0 Å². The van der Waals surface area contributed by atoms with E-state index >= 15 is 0 Å². The average molecular weight is 281 g/mol. The predicted molar refractivity (Wildman–Crippen MR) is 86.7 cm³/mol. The molecule has 0 spiro atoms. The molecule has 1 saturated heterocycles. The van der Waals surface area contributed by atoms with E-state index in [0.29, 0.717) is 11.7 Å². The Morgan fingerprint density at radius 1 is 0.952 bits per heavy atom. The minimum Gasteiger partial charge on any atom is -0.508 e. The van der Waals surface area contributed by atoms with Gasteiger partial charge in [0, 0.05) is 12.5 Å². The second kappa shape index (κ2) is 6.77. The number of likely N-dealkylation sites (tertiary alicyclic amines) is 1. The summed E-state index contributed by atoms with van der Waals surface area (Å²) >= 11 is 0. The van der Waals surface area contributed by atoms with Crippen LogP contribution in [0, 0.1) is 0 Å². The Hall–Kier alpha value is -1.80. The van der Waals surface area contributed by atoms with Crippen LogP contribution in [-0.2, 0) is 6.42 Å². The van der Waals surface area contributed by atoms with Crippen molar-refractivity contribution in [3.8, 4) is 5.75 Å². The van der Waals surface area contributed by atoms with Crippen LogP contribution in [0.2, 0.25) is 0 Å². The molecule has 2 heteroatoms. The lowest BCUT2D eigenvalue weighted by Gasteiger charge is -2.24. The molecule has 0 aromatic heterocycles. The third-order valence-corrected chi connectivity index (χ3v) is 4.34. The van der Waals surface area contributed by atoms with Crippen LogP contribution < -0.4 is 0 Å². The molecular weight excluding hydrogens is 258 g/mol. The molecule has 0 radical (unpaired) electrons. The molecule has 0 bridgehead atoms. The van der Waals surface area contributed by atoms with Gasteiger partial charge in [-0.3, -0.25) is 0 Å². The van der Waals surface area contributed by atoms with Gasteiger partial charge in [-0.15, -0.1) is 0 Å². The van der Waals surface area contributed by atoms with Crippen molar-refractivity contribution in [2.75, 3.05) is 19.6 Å². The fourth-order valence-electron chi connectivity index (χ4n) is 3.24. The standard InChI is InChI=1S/C19H23NO/c21-19-10-6-9-17(14-19)18(15-20-11-4-5-12-20)13-16-7-2-1-3-8-16/h1-3,6-10,14,18,21H,4-5,11-13,15H2. The number of phenolic OH excluding ortho intramolecular Hbond substituents is 1. The number of hydrogen-bond donors (Lipinski definition) is 1. The van der Waals surface area contributed by atoms with E-state index in [1.54, 1.807) is 6.07 Å². The number of hydrogen-bond acceptors (Lipinski definition) is 2. The van der Waals surface area contributed by atoms with Crippen LogP contribution in [0.4, 0.5) is 0 Å². The molecule has 1 N–H and O–H groups in total. The van der Waals surface area contributed by atoms with Gasteiger partial charge in [0.25, 0.3) is 0 Å². The highest BCUT2D eigenvalue weighted by atomic mass is 16.3. The van der Waals surface area contributed by atoms with Gasteiger partial charge in [-0.2, -0.15) is 0 Å². The van der Waals surface area contributed by atoms with E-state index in [1.165, 1.54) is 37.1 Å². The Morgan fingerprint density at radius 3 is 2.43 bits per heavy atom. The third kappa shape index (κ3) is 3.85. The zero-order valence-electron chi connectivity index (χ0n) is 12.4. The maximum absolute atomic E-state index is 9.78. The van der Waals surface area contributed by atoms with Crippen LogP contribution in [0.1, 0.15) is 29.9 Å². The number of phenols is 1. The van der Waals surface area contributed by atoms with Gasteiger partial charge in [-0.25, -0.2) is 0 Å². The van der Waals surface area contributed by atoms with Gasteiger partial charge in [0.2, 0.25) is 0 Å². The van der Waals surface area contributed by atoms with Crippen molar-refractivity contribution in [3.05, 3.63) is 65.7 Å². The Balaban J connectivity index is 1.79. The molecule has 3 rings (SSSR count). The lowest BCUT2D eigenvalue weighted by Crippen LogP contribution is -2.26. The molecule has 1 aliphatic heterocycles. The normalized spacial score (nSPS) is 17.0. The van der Waals surface area contributed by atoms with Gasteiger partial charge in [0.05, 0.1) is 0 Å². The Morgan fingerprint density at radius 2 is 1.71 bits per heavy atom. The quantitative estimate of drug-likeness (QED) is 0.900. The predicted octanol–water partition coefficient (Wildman–Crippen LogP) is 3.81. The van der Waals surface area contributed by atoms with Crippen LogP contribution >= 0.6 is 0 Å². The van der Waals surface area contributed by atoms with E-state index in [4.69, 9.17) is 0 Å². The fourth-order valence-corrected chi connectivity index (χ4v) is 3.24. The van der Waals surface area contributed by atoms with Gasteiger partial charge in [0.1, 0.15) is 5.75 Å². The maximum atomic E-state index is 9.78. The molecule has 0 amide bonds. The minimum atomic E-state index is 0.368. The van der Waals surface area contributed by atoms with E-state index < -0.39 is 0 Å². The van der Waals surface area contributed by atoms with Crippen LogP contribution in [0.5, 0.6) is 5.75 Å². The molecule has 1 fully saturated rings. The van der Waals surface area contributed by atoms with E-state index in [1.807, 2.05) is 12.1 Å². The van der Waals surface area contributed by atoms with E-state index in [2.05, 4.69) is 41.3 Å². The van der Waals surface area contributed by atoms with Crippen molar-refractivity contribution in [2.24, 2.45) is 0 Å². The number of rotatable bonds is 5. The van der Waals surface area contributed by atoms with Crippen LogP contribution in [-0.4, -0.2) is 29.6 Å². The molecule has 0 aliphatic carbocycles. The fraction of sp³-hybridized carbons (Fsp3) is 0.368. The summed E-state index contributed by atoms with van der Waals surface area (Å²) < 4.78 is 0. The Kier molecular flexibility index (Phi) is 4.56. The first-order valence-corrected chi connectivity index (χ1v) is 7.86. The smallest absolute Gasteiger partial charge is 0.115 e. The molecule has 2 aromatic rings. The van der Waals surface area contributed by atoms with Crippen molar-refractivity contribution >= 4 is 0 Å².